The molecule has 0 aliphatic heterocycles. The highest BCUT2D eigenvalue weighted by atomic mass is 32.1. The molecule has 7 heteroatoms. The maximum atomic E-state index is 12.5. The van der Waals surface area contributed by atoms with E-state index in [-0.39, 0.29) is 18.4 Å². The lowest BCUT2D eigenvalue weighted by Crippen LogP contribution is -2.33. The third-order valence-corrected chi connectivity index (χ3v) is 5.36. The van der Waals surface area contributed by atoms with Crippen molar-refractivity contribution in [1.29, 1.82) is 0 Å². The minimum absolute atomic E-state index is 0.120. The topological polar surface area (TPSA) is 70.7 Å². The Morgan fingerprint density at radius 1 is 1.03 bits per heavy atom. The summed E-state index contributed by atoms with van der Waals surface area (Å²) in [5.74, 6) is 0.530. The standard InChI is InChI=1S/C24H25N3O3S/c1-3-14-27(16-18-6-12-21(30-2)13-7-18)17-23(28)25-19-8-10-20(11-9-19)26-24(29)22-5-4-15-31-22/h3-13,15H,1,14,16-17H2,2H3,(H,25,28)(H,26,29). The van der Waals surface area contributed by atoms with E-state index in [0.717, 1.165) is 11.3 Å². The van der Waals surface area contributed by atoms with Crippen LogP contribution in [0.15, 0.2) is 78.7 Å². The lowest BCUT2D eigenvalue weighted by atomic mass is 10.2. The molecule has 2 amide bonds. The zero-order valence-corrected chi connectivity index (χ0v) is 18.2. The molecule has 160 valence electrons. The zero-order chi connectivity index (χ0) is 22.1. The molecular formula is C24H25N3O3S. The Kier molecular flexibility index (Phi) is 7.98. The normalized spacial score (nSPS) is 10.5. The predicted molar refractivity (Wildman–Crippen MR) is 126 cm³/mol. The van der Waals surface area contributed by atoms with Gasteiger partial charge in [0.25, 0.3) is 5.91 Å². The Morgan fingerprint density at radius 2 is 1.71 bits per heavy atom. The highest BCUT2D eigenvalue weighted by molar-refractivity contribution is 7.12. The molecule has 2 N–H and O–H groups in total. The van der Waals surface area contributed by atoms with Crippen molar-refractivity contribution in [2.45, 2.75) is 6.54 Å². The highest BCUT2D eigenvalue weighted by Crippen LogP contribution is 2.17. The number of carbonyl (C=O) groups excluding carboxylic acids is 2. The third-order valence-electron chi connectivity index (χ3n) is 4.49. The van der Waals surface area contributed by atoms with Gasteiger partial charge in [-0.3, -0.25) is 14.5 Å². The van der Waals surface area contributed by atoms with Gasteiger partial charge in [0.05, 0.1) is 18.5 Å². The van der Waals surface area contributed by atoms with Gasteiger partial charge < -0.3 is 15.4 Å². The number of nitrogens with zero attached hydrogens (tertiary/aromatic N) is 1. The fourth-order valence-corrected chi connectivity index (χ4v) is 3.62. The molecule has 0 radical (unpaired) electrons. The van der Waals surface area contributed by atoms with Crippen molar-refractivity contribution in [2.24, 2.45) is 0 Å². The van der Waals surface area contributed by atoms with Crippen molar-refractivity contribution >= 4 is 34.5 Å². The summed E-state index contributed by atoms with van der Waals surface area (Å²) in [6, 6.07) is 18.4. The number of benzene rings is 2. The summed E-state index contributed by atoms with van der Waals surface area (Å²) >= 11 is 1.39. The second-order valence-electron chi connectivity index (χ2n) is 6.86. The van der Waals surface area contributed by atoms with E-state index in [1.165, 1.54) is 11.3 Å². The minimum Gasteiger partial charge on any atom is -0.497 e. The zero-order valence-electron chi connectivity index (χ0n) is 17.3. The van der Waals surface area contributed by atoms with Gasteiger partial charge in [-0.15, -0.1) is 17.9 Å². The molecule has 3 rings (SSSR count). The molecule has 0 saturated heterocycles. The molecule has 3 aromatic rings. The Morgan fingerprint density at radius 3 is 2.29 bits per heavy atom. The van der Waals surface area contributed by atoms with E-state index in [0.29, 0.717) is 29.3 Å². The molecule has 0 spiro atoms. The molecule has 0 saturated carbocycles. The van der Waals surface area contributed by atoms with Gasteiger partial charge in [-0.1, -0.05) is 24.3 Å². The number of hydrogen-bond acceptors (Lipinski definition) is 5. The van der Waals surface area contributed by atoms with Crippen molar-refractivity contribution in [2.75, 3.05) is 30.8 Å². The van der Waals surface area contributed by atoms with Crippen molar-refractivity contribution in [3.8, 4) is 5.75 Å². The summed E-state index contributed by atoms with van der Waals surface area (Å²) in [6.07, 6.45) is 1.78. The van der Waals surface area contributed by atoms with Crippen LogP contribution in [0.3, 0.4) is 0 Å². The van der Waals surface area contributed by atoms with Crippen LogP contribution in [-0.4, -0.2) is 36.9 Å². The number of anilines is 2. The smallest absolute Gasteiger partial charge is 0.265 e. The number of thiophene rings is 1. The maximum Gasteiger partial charge on any atom is 0.265 e. The first kappa shape index (κ1) is 22.3. The molecule has 0 aliphatic rings. The van der Waals surface area contributed by atoms with E-state index in [1.54, 1.807) is 43.5 Å². The number of nitrogens with one attached hydrogen (secondary N) is 2. The second kappa shape index (κ2) is 11.1. The first-order valence-corrected chi connectivity index (χ1v) is 10.7. The molecule has 0 atom stereocenters. The van der Waals surface area contributed by atoms with Crippen LogP contribution < -0.4 is 15.4 Å². The molecule has 0 aliphatic carbocycles. The van der Waals surface area contributed by atoms with Gasteiger partial charge in [-0.25, -0.2) is 0 Å². The van der Waals surface area contributed by atoms with E-state index in [9.17, 15) is 9.59 Å². The van der Waals surface area contributed by atoms with Gasteiger partial charge in [0.2, 0.25) is 5.91 Å². The van der Waals surface area contributed by atoms with Crippen LogP contribution in [-0.2, 0) is 11.3 Å². The van der Waals surface area contributed by atoms with Crippen molar-refractivity contribution in [3.05, 3.63) is 89.1 Å². The van der Waals surface area contributed by atoms with E-state index >= 15 is 0 Å². The lowest BCUT2D eigenvalue weighted by Gasteiger charge is -2.20. The number of hydrogen-bond donors (Lipinski definition) is 2. The average Bonchev–Trinajstić information content (AvgIpc) is 3.31. The quantitative estimate of drug-likeness (QED) is 0.455. The van der Waals surface area contributed by atoms with Gasteiger partial charge >= 0.3 is 0 Å². The lowest BCUT2D eigenvalue weighted by molar-refractivity contribution is -0.117. The first-order valence-electron chi connectivity index (χ1n) is 9.78. The van der Waals surface area contributed by atoms with Crippen LogP contribution >= 0.6 is 11.3 Å². The van der Waals surface area contributed by atoms with E-state index in [4.69, 9.17) is 4.74 Å². The summed E-state index contributed by atoms with van der Waals surface area (Å²) in [6.45, 7) is 5.23. The van der Waals surface area contributed by atoms with Gasteiger partial charge in [0.1, 0.15) is 5.75 Å². The Bertz CT molecular complexity index is 1000. The van der Waals surface area contributed by atoms with Crippen LogP contribution in [0.4, 0.5) is 11.4 Å². The van der Waals surface area contributed by atoms with Gasteiger partial charge in [0, 0.05) is 24.5 Å². The highest BCUT2D eigenvalue weighted by Gasteiger charge is 2.11. The van der Waals surface area contributed by atoms with Crippen LogP contribution in [0, 0.1) is 0 Å². The number of carbonyl (C=O) groups is 2. The van der Waals surface area contributed by atoms with Gasteiger partial charge in [-0.2, -0.15) is 0 Å². The van der Waals surface area contributed by atoms with Crippen LogP contribution in [0.1, 0.15) is 15.2 Å². The molecule has 31 heavy (non-hydrogen) atoms. The van der Waals surface area contributed by atoms with Crippen molar-refractivity contribution in [3.63, 3.8) is 0 Å². The summed E-state index contributed by atoms with van der Waals surface area (Å²) in [4.78, 5) is 27.3. The SMILES string of the molecule is C=CCN(CC(=O)Nc1ccc(NC(=O)c2cccs2)cc1)Cc1ccc(OC)cc1. The molecule has 0 bridgehead atoms. The molecular weight excluding hydrogens is 410 g/mol. The van der Waals surface area contributed by atoms with Gasteiger partial charge in [0.15, 0.2) is 0 Å². The molecule has 0 unspecified atom stereocenters. The van der Waals surface area contributed by atoms with E-state index < -0.39 is 0 Å². The summed E-state index contributed by atoms with van der Waals surface area (Å²) in [5.41, 5.74) is 2.42. The third kappa shape index (κ3) is 6.80. The molecule has 6 nitrogen and oxygen atoms in total. The second-order valence-corrected chi connectivity index (χ2v) is 7.81. The van der Waals surface area contributed by atoms with E-state index in [2.05, 4.69) is 17.2 Å². The molecule has 1 heterocycles. The van der Waals surface area contributed by atoms with Gasteiger partial charge in [-0.05, 0) is 53.4 Å². The van der Waals surface area contributed by atoms with Crippen molar-refractivity contribution < 1.29 is 14.3 Å². The van der Waals surface area contributed by atoms with Crippen LogP contribution in [0.2, 0.25) is 0 Å². The predicted octanol–water partition coefficient (Wildman–Crippen LogP) is 4.64. The number of methoxy groups -OCH3 is 1. The monoisotopic (exact) mass is 435 g/mol. The molecule has 1 aromatic heterocycles. The fourth-order valence-electron chi connectivity index (χ4n) is 3.00. The summed E-state index contributed by atoms with van der Waals surface area (Å²) in [5, 5.41) is 7.60. The Labute approximate surface area is 186 Å². The minimum atomic E-state index is -0.148. The molecule has 0 fully saturated rings. The van der Waals surface area contributed by atoms with Crippen molar-refractivity contribution in [1.82, 2.24) is 4.90 Å². The molecule has 2 aromatic carbocycles. The Hall–Kier alpha value is -3.42. The average molecular weight is 436 g/mol. The largest absolute Gasteiger partial charge is 0.497 e. The fraction of sp³-hybridized carbons (Fsp3) is 0.167. The van der Waals surface area contributed by atoms with Crippen LogP contribution in [0.25, 0.3) is 0 Å². The Balaban J connectivity index is 1.53. The number of ether oxygens (including phenoxy) is 1. The van der Waals surface area contributed by atoms with Crippen LogP contribution in [0.5, 0.6) is 5.75 Å². The number of amides is 2. The summed E-state index contributed by atoms with van der Waals surface area (Å²) in [7, 11) is 1.63. The number of rotatable bonds is 10. The summed E-state index contributed by atoms with van der Waals surface area (Å²) < 4.78 is 5.18. The maximum absolute atomic E-state index is 12.5. The first-order chi connectivity index (χ1) is 15.1. The van der Waals surface area contributed by atoms with E-state index in [1.807, 2.05) is 40.6 Å².